The van der Waals surface area contributed by atoms with Gasteiger partial charge in [0.05, 0.1) is 5.75 Å². The summed E-state index contributed by atoms with van der Waals surface area (Å²) in [6.45, 7) is 5.39. The van der Waals surface area contributed by atoms with Crippen LogP contribution in [0.5, 0.6) is 0 Å². The average Bonchev–Trinajstić information content (AvgIpc) is 2.37. The second-order valence-electron chi connectivity index (χ2n) is 5.37. The van der Waals surface area contributed by atoms with Gasteiger partial charge in [0.2, 0.25) is 0 Å². The van der Waals surface area contributed by atoms with Crippen molar-refractivity contribution in [2.24, 2.45) is 5.41 Å². The third-order valence-corrected chi connectivity index (χ3v) is 4.37. The minimum absolute atomic E-state index is 0.299. The predicted molar refractivity (Wildman–Crippen MR) is 63.8 cm³/mol. The van der Waals surface area contributed by atoms with E-state index < -0.39 is 9.84 Å². The van der Waals surface area contributed by atoms with Crippen LogP contribution >= 0.6 is 0 Å². The lowest BCUT2D eigenvalue weighted by atomic mass is 9.87. The lowest BCUT2D eigenvalue weighted by Crippen LogP contribution is -2.38. The van der Waals surface area contributed by atoms with Gasteiger partial charge < -0.3 is 5.32 Å². The van der Waals surface area contributed by atoms with Crippen molar-refractivity contribution in [3.8, 4) is 0 Å². The third-order valence-electron chi connectivity index (χ3n) is 3.34. The largest absolute Gasteiger partial charge is 0.313 e. The van der Waals surface area contributed by atoms with E-state index in [2.05, 4.69) is 19.2 Å². The van der Waals surface area contributed by atoms with E-state index in [9.17, 15) is 8.42 Å². The van der Waals surface area contributed by atoms with Crippen molar-refractivity contribution in [1.29, 1.82) is 0 Å². The molecule has 1 aliphatic carbocycles. The molecule has 0 amide bonds. The summed E-state index contributed by atoms with van der Waals surface area (Å²) in [6, 6.07) is 0.567. The van der Waals surface area contributed by atoms with E-state index in [0.717, 1.165) is 13.0 Å². The SMILES string of the molecule is CC1(C)CCCC1NCCCS(C)(=O)=O. The van der Waals surface area contributed by atoms with Crippen LogP contribution in [0.3, 0.4) is 0 Å². The van der Waals surface area contributed by atoms with Gasteiger partial charge in [0.15, 0.2) is 0 Å². The van der Waals surface area contributed by atoms with E-state index in [1.165, 1.54) is 25.5 Å². The van der Waals surface area contributed by atoms with Crippen molar-refractivity contribution >= 4 is 9.84 Å². The van der Waals surface area contributed by atoms with Crippen LogP contribution < -0.4 is 5.32 Å². The highest BCUT2D eigenvalue weighted by molar-refractivity contribution is 7.90. The molecule has 0 radical (unpaired) electrons. The Balaban J connectivity index is 2.21. The number of sulfone groups is 1. The molecule has 1 atom stereocenters. The molecule has 1 N–H and O–H groups in total. The third kappa shape index (κ3) is 4.51. The Bertz CT molecular complexity index is 296. The molecule has 1 aliphatic rings. The Kier molecular flexibility index (Phi) is 4.18. The van der Waals surface area contributed by atoms with Crippen LogP contribution in [-0.4, -0.2) is 33.0 Å². The minimum atomic E-state index is -2.79. The van der Waals surface area contributed by atoms with E-state index in [-0.39, 0.29) is 0 Å². The molecule has 0 bridgehead atoms. The maximum absolute atomic E-state index is 10.9. The molecule has 3 nitrogen and oxygen atoms in total. The second-order valence-corrected chi connectivity index (χ2v) is 7.63. The topological polar surface area (TPSA) is 46.2 Å². The van der Waals surface area contributed by atoms with Crippen LogP contribution in [0.2, 0.25) is 0 Å². The Labute approximate surface area is 93.6 Å². The van der Waals surface area contributed by atoms with E-state index in [1.807, 2.05) is 0 Å². The zero-order valence-corrected chi connectivity index (χ0v) is 10.9. The summed E-state index contributed by atoms with van der Waals surface area (Å²) in [5.41, 5.74) is 0.380. The van der Waals surface area contributed by atoms with Gasteiger partial charge in [0.25, 0.3) is 0 Å². The molecular formula is C11H23NO2S. The predicted octanol–water partition coefficient (Wildman–Crippen LogP) is 1.59. The highest BCUT2D eigenvalue weighted by Crippen LogP contribution is 2.36. The standard InChI is InChI=1S/C11H23NO2S/c1-11(2)7-4-6-10(11)12-8-5-9-15(3,13)14/h10,12H,4-9H2,1-3H3. The molecule has 0 aromatic heterocycles. The van der Waals surface area contributed by atoms with Crippen LogP contribution in [-0.2, 0) is 9.84 Å². The zero-order valence-electron chi connectivity index (χ0n) is 10.0. The summed E-state index contributed by atoms with van der Waals surface area (Å²) in [5.74, 6) is 0.299. The van der Waals surface area contributed by atoms with Crippen molar-refractivity contribution in [3.05, 3.63) is 0 Å². The Hall–Kier alpha value is -0.0900. The highest BCUT2D eigenvalue weighted by atomic mass is 32.2. The van der Waals surface area contributed by atoms with Gasteiger partial charge in [-0.05, 0) is 31.2 Å². The molecule has 1 fully saturated rings. The van der Waals surface area contributed by atoms with E-state index >= 15 is 0 Å². The van der Waals surface area contributed by atoms with E-state index in [4.69, 9.17) is 0 Å². The Morgan fingerprint density at radius 3 is 2.53 bits per heavy atom. The summed E-state index contributed by atoms with van der Waals surface area (Å²) >= 11 is 0. The van der Waals surface area contributed by atoms with Crippen LogP contribution in [0.4, 0.5) is 0 Å². The van der Waals surface area contributed by atoms with Gasteiger partial charge in [-0.3, -0.25) is 0 Å². The van der Waals surface area contributed by atoms with Gasteiger partial charge in [-0.15, -0.1) is 0 Å². The van der Waals surface area contributed by atoms with Gasteiger partial charge in [-0.25, -0.2) is 8.42 Å². The molecular weight excluding hydrogens is 210 g/mol. The van der Waals surface area contributed by atoms with Crippen LogP contribution in [0, 0.1) is 5.41 Å². The monoisotopic (exact) mass is 233 g/mol. The van der Waals surface area contributed by atoms with Crippen molar-refractivity contribution in [2.75, 3.05) is 18.6 Å². The van der Waals surface area contributed by atoms with Crippen molar-refractivity contribution in [2.45, 2.75) is 45.6 Å². The fourth-order valence-corrected chi connectivity index (χ4v) is 2.98. The van der Waals surface area contributed by atoms with Crippen LogP contribution in [0.15, 0.2) is 0 Å². The average molecular weight is 233 g/mol. The fraction of sp³-hybridized carbons (Fsp3) is 1.00. The molecule has 0 saturated heterocycles. The van der Waals surface area contributed by atoms with Crippen LogP contribution in [0.25, 0.3) is 0 Å². The number of nitrogens with one attached hydrogen (secondary N) is 1. The van der Waals surface area contributed by atoms with Gasteiger partial charge in [0.1, 0.15) is 9.84 Å². The van der Waals surface area contributed by atoms with Gasteiger partial charge in [-0.2, -0.15) is 0 Å². The van der Waals surface area contributed by atoms with E-state index in [1.54, 1.807) is 0 Å². The summed E-state index contributed by atoms with van der Waals surface area (Å²) in [6.07, 6.45) is 5.82. The summed E-state index contributed by atoms with van der Waals surface area (Å²) < 4.78 is 21.9. The Morgan fingerprint density at radius 1 is 1.40 bits per heavy atom. The number of hydrogen-bond donors (Lipinski definition) is 1. The van der Waals surface area contributed by atoms with Gasteiger partial charge in [0, 0.05) is 12.3 Å². The molecule has 1 unspecified atom stereocenters. The maximum atomic E-state index is 10.9. The molecule has 15 heavy (non-hydrogen) atoms. The smallest absolute Gasteiger partial charge is 0.147 e. The quantitative estimate of drug-likeness (QED) is 0.734. The Morgan fingerprint density at radius 2 is 2.07 bits per heavy atom. The minimum Gasteiger partial charge on any atom is -0.313 e. The van der Waals surface area contributed by atoms with Gasteiger partial charge in [-0.1, -0.05) is 20.3 Å². The first-order valence-electron chi connectivity index (χ1n) is 5.72. The molecule has 1 rings (SSSR count). The second kappa shape index (κ2) is 4.83. The molecule has 1 saturated carbocycles. The fourth-order valence-electron chi connectivity index (χ4n) is 2.32. The molecule has 90 valence electrons. The first-order valence-corrected chi connectivity index (χ1v) is 7.78. The summed E-state index contributed by atoms with van der Waals surface area (Å²) in [5, 5.41) is 3.48. The zero-order chi connectivity index (χ0) is 11.5. The summed E-state index contributed by atoms with van der Waals surface area (Å²) in [4.78, 5) is 0. The highest BCUT2D eigenvalue weighted by Gasteiger charge is 2.33. The maximum Gasteiger partial charge on any atom is 0.147 e. The number of rotatable bonds is 5. The molecule has 4 heteroatoms. The molecule has 0 aromatic carbocycles. The molecule has 0 aromatic rings. The normalized spacial score (nSPS) is 25.7. The molecule has 0 spiro atoms. The van der Waals surface area contributed by atoms with Gasteiger partial charge >= 0.3 is 0 Å². The lowest BCUT2D eigenvalue weighted by Gasteiger charge is -2.27. The molecule has 0 heterocycles. The molecule has 0 aliphatic heterocycles. The lowest BCUT2D eigenvalue weighted by molar-refractivity contribution is 0.285. The first kappa shape index (κ1) is 13.0. The number of hydrogen-bond acceptors (Lipinski definition) is 3. The van der Waals surface area contributed by atoms with Crippen molar-refractivity contribution < 1.29 is 8.42 Å². The first-order chi connectivity index (χ1) is 6.81. The van der Waals surface area contributed by atoms with Crippen LogP contribution in [0.1, 0.15) is 39.5 Å². The van der Waals surface area contributed by atoms with Crippen molar-refractivity contribution in [1.82, 2.24) is 5.32 Å². The van der Waals surface area contributed by atoms with E-state index in [0.29, 0.717) is 17.2 Å². The van der Waals surface area contributed by atoms with Crippen molar-refractivity contribution in [3.63, 3.8) is 0 Å². The summed E-state index contributed by atoms with van der Waals surface area (Å²) in [7, 11) is -2.79.